The van der Waals surface area contributed by atoms with Crippen LogP contribution in [0.3, 0.4) is 0 Å². The first-order valence-electron chi connectivity index (χ1n) is 5.35. The minimum Gasteiger partial charge on any atom is -0.319 e. The number of carbonyl (C=O) groups is 1. The van der Waals surface area contributed by atoms with E-state index in [0.717, 1.165) is 4.68 Å². The molecule has 0 radical (unpaired) electrons. The normalized spacial score (nSPS) is 10.4. The molecule has 0 spiro atoms. The molecule has 94 valence electrons. The second-order valence-electron chi connectivity index (χ2n) is 3.96. The van der Waals surface area contributed by atoms with Crippen molar-refractivity contribution in [2.24, 2.45) is 7.05 Å². The van der Waals surface area contributed by atoms with Crippen LogP contribution in [0.25, 0.3) is 0 Å². The van der Waals surface area contributed by atoms with Crippen molar-refractivity contribution in [3.8, 4) is 0 Å². The number of amides is 1. The SMILES string of the molecule is Cc1nn(C)c(=O)c(C(=O)Nc2cn[nH]c2)c1C. The Hall–Kier alpha value is -2.44. The molecule has 0 bridgehead atoms. The molecular weight excluding hydrogens is 234 g/mol. The van der Waals surface area contributed by atoms with Gasteiger partial charge in [0.05, 0.1) is 17.6 Å². The van der Waals surface area contributed by atoms with Gasteiger partial charge >= 0.3 is 0 Å². The van der Waals surface area contributed by atoms with Gasteiger partial charge in [-0.05, 0) is 19.4 Å². The molecule has 2 N–H and O–H groups in total. The highest BCUT2D eigenvalue weighted by atomic mass is 16.2. The lowest BCUT2D eigenvalue weighted by Gasteiger charge is -2.09. The van der Waals surface area contributed by atoms with Crippen LogP contribution in [0.5, 0.6) is 0 Å². The summed E-state index contributed by atoms with van der Waals surface area (Å²) in [4.78, 5) is 24.0. The zero-order chi connectivity index (χ0) is 13.3. The van der Waals surface area contributed by atoms with Gasteiger partial charge in [0.15, 0.2) is 0 Å². The lowest BCUT2D eigenvalue weighted by atomic mass is 10.1. The minimum absolute atomic E-state index is 0.103. The van der Waals surface area contributed by atoms with E-state index in [9.17, 15) is 9.59 Å². The van der Waals surface area contributed by atoms with E-state index in [1.54, 1.807) is 13.8 Å². The first-order chi connectivity index (χ1) is 8.50. The second kappa shape index (κ2) is 4.44. The molecule has 7 heteroatoms. The molecule has 0 saturated heterocycles. The van der Waals surface area contributed by atoms with Crippen molar-refractivity contribution >= 4 is 11.6 Å². The molecule has 1 amide bonds. The Balaban J connectivity index is 2.45. The van der Waals surface area contributed by atoms with Gasteiger partial charge in [-0.2, -0.15) is 10.2 Å². The molecule has 0 fully saturated rings. The van der Waals surface area contributed by atoms with Crippen LogP contribution in [0.15, 0.2) is 17.2 Å². The Kier molecular flexibility index (Phi) is 2.97. The smallest absolute Gasteiger partial charge is 0.279 e. The maximum Gasteiger partial charge on any atom is 0.279 e. The third kappa shape index (κ3) is 2.02. The molecule has 0 aliphatic carbocycles. The van der Waals surface area contributed by atoms with Crippen molar-refractivity contribution in [1.82, 2.24) is 20.0 Å². The van der Waals surface area contributed by atoms with Gasteiger partial charge in [-0.1, -0.05) is 0 Å². The van der Waals surface area contributed by atoms with Gasteiger partial charge in [0.25, 0.3) is 11.5 Å². The maximum absolute atomic E-state index is 12.1. The zero-order valence-corrected chi connectivity index (χ0v) is 10.3. The predicted molar refractivity (Wildman–Crippen MR) is 65.5 cm³/mol. The number of hydrogen-bond acceptors (Lipinski definition) is 4. The molecule has 0 aromatic carbocycles. The summed E-state index contributed by atoms with van der Waals surface area (Å²) >= 11 is 0. The number of aromatic nitrogens is 4. The van der Waals surface area contributed by atoms with Crippen LogP contribution in [0.2, 0.25) is 0 Å². The lowest BCUT2D eigenvalue weighted by Crippen LogP contribution is -2.31. The number of nitrogens with zero attached hydrogens (tertiary/aromatic N) is 3. The summed E-state index contributed by atoms with van der Waals surface area (Å²) in [5.74, 6) is -0.458. The summed E-state index contributed by atoms with van der Waals surface area (Å²) < 4.78 is 1.16. The minimum atomic E-state index is -0.458. The lowest BCUT2D eigenvalue weighted by molar-refractivity contribution is 0.102. The van der Waals surface area contributed by atoms with Gasteiger partial charge < -0.3 is 5.32 Å². The van der Waals surface area contributed by atoms with Gasteiger partial charge in [-0.3, -0.25) is 14.7 Å². The Morgan fingerprint density at radius 3 is 2.78 bits per heavy atom. The van der Waals surface area contributed by atoms with Crippen LogP contribution in [0, 0.1) is 13.8 Å². The van der Waals surface area contributed by atoms with E-state index in [1.165, 1.54) is 19.4 Å². The van der Waals surface area contributed by atoms with E-state index in [-0.39, 0.29) is 5.56 Å². The number of anilines is 1. The number of rotatable bonds is 2. The van der Waals surface area contributed by atoms with Crippen molar-refractivity contribution in [2.45, 2.75) is 13.8 Å². The second-order valence-corrected chi connectivity index (χ2v) is 3.96. The fraction of sp³-hybridized carbons (Fsp3) is 0.273. The molecule has 0 aliphatic heterocycles. The van der Waals surface area contributed by atoms with Crippen LogP contribution in [0.4, 0.5) is 5.69 Å². The van der Waals surface area contributed by atoms with Crippen molar-refractivity contribution < 1.29 is 4.79 Å². The highest BCUT2D eigenvalue weighted by molar-refractivity contribution is 6.04. The Bertz CT molecular complexity index is 642. The molecule has 2 heterocycles. The van der Waals surface area contributed by atoms with Crippen LogP contribution in [0.1, 0.15) is 21.6 Å². The topological polar surface area (TPSA) is 92.7 Å². The number of carbonyl (C=O) groups excluding carboxylic acids is 1. The average Bonchev–Trinajstić information content (AvgIpc) is 2.79. The van der Waals surface area contributed by atoms with Crippen LogP contribution in [-0.2, 0) is 7.05 Å². The molecule has 2 rings (SSSR count). The Morgan fingerprint density at radius 2 is 2.17 bits per heavy atom. The van der Waals surface area contributed by atoms with Crippen molar-refractivity contribution in [3.05, 3.63) is 39.6 Å². The van der Waals surface area contributed by atoms with E-state index < -0.39 is 11.5 Å². The number of H-pyrrole nitrogens is 1. The molecule has 0 saturated carbocycles. The van der Waals surface area contributed by atoms with Crippen LogP contribution < -0.4 is 10.9 Å². The predicted octanol–water partition coefficient (Wildman–Crippen LogP) is 0.373. The zero-order valence-electron chi connectivity index (χ0n) is 10.3. The molecule has 18 heavy (non-hydrogen) atoms. The highest BCUT2D eigenvalue weighted by Crippen LogP contribution is 2.09. The van der Waals surface area contributed by atoms with Crippen LogP contribution in [-0.4, -0.2) is 25.9 Å². The fourth-order valence-electron chi connectivity index (χ4n) is 1.63. The van der Waals surface area contributed by atoms with E-state index in [4.69, 9.17) is 0 Å². The summed E-state index contributed by atoms with van der Waals surface area (Å²) in [6, 6.07) is 0. The van der Waals surface area contributed by atoms with Gasteiger partial charge in [-0.25, -0.2) is 4.68 Å². The molecule has 7 nitrogen and oxygen atoms in total. The number of hydrogen-bond donors (Lipinski definition) is 2. The third-order valence-electron chi connectivity index (χ3n) is 2.71. The Morgan fingerprint density at radius 1 is 1.44 bits per heavy atom. The quantitative estimate of drug-likeness (QED) is 0.802. The van der Waals surface area contributed by atoms with Crippen LogP contribution >= 0.6 is 0 Å². The van der Waals surface area contributed by atoms with E-state index >= 15 is 0 Å². The molecule has 0 aliphatic rings. The average molecular weight is 247 g/mol. The highest BCUT2D eigenvalue weighted by Gasteiger charge is 2.18. The van der Waals surface area contributed by atoms with Gasteiger partial charge in [-0.15, -0.1) is 0 Å². The summed E-state index contributed by atoms with van der Waals surface area (Å²) in [6.07, 6.45) is 3.00. The van der Waals surface area contributed by atoms with Crippen molar-refractivity contribution in [2.75, 3.05) is 5.32 Å². The largest absolute Gasteiger partial charge is 0.319 e. The van der Waals surface area contributed by atoms with E-state index in [2.05, 4.69) is 20.6 Å². The summed E-state index contributed by atoms with van der Waals surface area (Å²) in [6.45, 7) is 3.46. The summed E-state index contributed by atoms with van der Waals surface area (Å²) in [5, 5.41) is 12.9. The molecule has 0 unspecified atom stereocenters. The van der Waals surface area contributed by atoms with E-state index in [0.29, 0.717) is 16.9 Å². The van der Waals surface area contributed by atoms with Gasteiger partial charge in [0, 0.05) is 13.2 Å². The maximum atomic E-state index is 12.1. The number of aromatic amines is 1. The Labute approximate surface area is 103 Å². The first-order valence-corrected chi connectivity index (χ1v) is 5.35. The fourth-order valence-corrected chi connectivity index (χ4v) is 1.63. The van der Waals surface area contributed by atoms with Crippen molar-refractivity contribution in [3.63, 3.8) is 0 Å². The molecule has 0 atom stereocenters. The van der Waals surface area contributed by atoms with Gasteiger partial charge in [0.2, 0.25) is 0 Å². The number of aryl methyl sites for hydroxylation is 2. The summed E-state index contributed by atoms with van der Waals surface area (Å²) in [7, 11) is 1.52. The number of nitrogens with one attached hydrogen (secondary N) is 2. The molecule has 2 aromatic rings. The van der Waals surface area contributed by atoms with E-state index in [1.807, 2.05) is 0 Å². The molecular formula is C11H13N5O2. The summed E-state index contributed by atoms with van der Waals surface area (Å²) in [5.41, 5.74) is 1.43. The monoisotopic (exact) mass is 247 g/mol. The third-order valence-corrected chi connectivity index (χ3v) is 2.71. The molecule has 2 aromatic heterocycles. The van der Waals surface area contributed by atoms with Gasteiger partial charge in [0.1, 0.15) is 5.56 Å². The first kappa shape index (κ1) is 12.0. The standard InChI is InChI=1S/C11H13N5O2/c1-6-7(2)15-16(3)11(18)9(6)10(17)14-8-4-12-13-5-8/h4-5H,1-3H3,(H,12,13)(H,14,17). The van der Waals surface area contributed by atoms with Crippen molar-refractivity contribution in [1.29, 1.82) is 0 Å².